The van der Waals surface area contributed by atoms with Crippen molar-refractivity contribution in [1.82, 2.24) is 30.2 Å². The normalized spacial score (nSPS) is 21.8. The summed E-state index contributed by atoms with van der Waals surface area (Å²) in [6, 6.07) is 9.67. The Balaban J connectivity index is 1.22. The van der Waals surface area contributed by atoms with E-state index < -0.39 is 78.6 Å². The first-order chi connectivity index (χ1) is 26.2. The molecule has 4 rings (SSSR count). The summed E-state index contributed by atoms with van der Waals surface area (Å²) in [4.78, 5) is 75.7. The standard InChI is InChI=1S/C29H42N7O16P3S/c1-29(2,24(39)27(40)32-10-8-20(37)31-11-13-56-12-9-18-6-4-3-5-7-18)15-49-55(46,47)52-54(44,45)48-14-19-23(51-53(41,42)43)22(38)28(50-19)36-17-35-21-25(30)33-16-34-26(21)36/h3-7,9,12,16-17,19,22-24,28,38-39H,8,10-11,13-15H2,1-2H3,(H,31,37)(H,32,40)(H,44,45)(H,46,47)(H2,30,33,34)(H2,41,42,43)/t19-,22-,23-,24+,28-/m1/s1. The van der Waals surface area contributed by atoms with Crippen LogP contribution < -0.4 is 16.4 Å². The maximum absolute atomic E-state index is 12.7. The molecular weight excluding hydrogens is 827 g/mol. The topological polar surface area (TPSA) is 347 Å². The van der Waals surface area contributed by atoms with E-state index in [1.165, 1.54) is 25.6 Å². The van der Waals surface area contributed by atoms with Crippen molar-refractivity contribution < 1.29 is 75.7 Å². The van der Waals surface area contributed by atoms with E-state index in [0.717, 1.165) is 22.8 Å². The summed E-state index contributed by atoms with van der Waals surface area (Å²) >= 11 is 1.50. The van der Waals surface area contributed by atoms with E-state index in [2.05, 4.69) is 34.4 Å². The minimum atomic E-state index is -5.56. The third-order valence-electron chi connectivity index (χ3n) is 7.78. The fourth-order valence-electron chi connectivity index (χ4n) is 4.95. The van der Waals surface area contributed by atoms with Gasteiger partial charge in [-0.25, -0.2) is 28.6 Å². The van der Waals surface area contributed by atoms with Gasteiger partial charge < -0.3 is 50.9 Å². The number of aliphatic hydroxyl groups excluding tert-OH is 2. The predicted octanol–water partition coefficient (Wildman–Crippen LogP) is 0.809. The molecule has 1 fully saturated rings. The number of imidazole rings is 1. The smallest absolute Gasteiger partial charge is 0.386 e. The van der Waals surface area contributed by atoms with Crippen LogP contribution in [0.4, 0.5) is 5.82 Å². The Morgan fingerprint density at radius 3 is 2.45 bits per heavy atom. The summed E-state index contributed by atoms with van der Waals surface area (Å²) in [7, 11) is -16.4. The molecule has 1 aliphatic rings. The van der Waals surface area contributed by atoms with Gasteiger partial charge in [0.25, 0.3) is 0 Å². The Bertz CT molecular complexity index is 1990. The van der Waals surface area contributed by atoms with Crippen LogP contribution in [0.5, 0.6) is 0 Å². The number of amides is 2. The zero-order chi connectivity index (χ0) is 41.3. The van der Waals surface area contributed by atoms with Crippen molar-refractivity contribution in [3.8, 4) is 0 Å². The number of hydrogen-bond acceptors (Lipinski definition) is 17. The van der Waals surface area contributed by atoms with Crippen molar-refractivity contribution in [3.63, 3.8) is 0 Å². The fourth-order valence-corrected chi connectivity index (χ4v) is 8.39. The number of hydrogen-bond donors (Lipinski definition) is 9. The predicted molar refractivity (Wildman–Crippen MR) is 198 cm³/mol. The van der Waals surface area contributed by atoms with Crippen molar-refractivity contribution >= 4 is 70.1 Å². The molecule has 0 spiro atoms. The first-order valence-electron chi connectivity index (χ1n) is 16.4. The number of rotatable bonds is 21. The molecule has 0 aliphatic carbocycles. The van der Waals surface area contributed by atoms with Crippen molar-refractivity contribution in [2.45, 2.75) is 50.9 Å². The molecule has 2 aromatic heterocycles. The molecule has 2 amide bonds. The molecule has 56 heavy (non-hydrogen) atoms. The number of benzene rings is 1. The lowest BCUT2D eigenvalue weighted by Gasteiger charge is -2.30. The lowest BCUT2D eigenvalue weighted by atomic mass is 9.87. The summed E-state index contributed by atoms with van der Waals surface area (Å²) in [5, 5.41) is 28.4. The van der Waals surface area contributed by atoms with Crippen LogP contribution in [0.25, 0.3) is 17.2 Å². The van der Waals surface area contributed by atoms with Crippen molar-refractivity contribution in [3.05, 3.63) is 54.0 Å². The van der Waals surface area contributed by atoms with Gasteiger partial charge in [-0.15, -0.1) is 11.8 Å². The number of aromatic nitrogens is 4. The van der Waals surface area contributed by atoms with Gasteiger partial charge >= 0.3 is 23.5 Å². The van der Waals surface area contributed by atoms with Crippen LogP contribution in [-0.4, -0.2) is 118 Å². The van der Waals surface area contributed by atoms with E-state index in [-0.39, 0.29) is 35.9 Å². The van der Waals surface area contributed by atoms with Crippen LogP contribution in [0.15, 0.2) is 48.4 Å². The number of carbonyl (C=O) groups excluding carboxylic acids is 2. The van der Waals surface area contributed by atoms with Gasteiger partial charge in [-0.1, -0.05) is 44.2 Å². The SMILES string of the molecule is CC(C)(COP(=O)(O)OP(=O)(O)OC[C@H]1O[C@@H](n2cnc3c(N)ncnc32)[C@H](O)[C@@H]1OP(=O)(O)O)[C@@H](O)C(=O)NCCC(=O)NCCSC=Cc1ccccc1. The number of nitrogens with two attached hydrogens (primary N) is 1. The second kappa shape index (κ2) is 19.5. The molecule has 27 heteroatoms. The zero-order valence-corrected chi connectivity index (χ0v) is 33.2. The van der Waals surface area contributed by atoms with Gasteiger partial charge in [-0.2, -0.15) is 4.31 Å². The van der Waals surface area contributed by atoms with Gasteiger partial charge in [0.2, 0.25) is 11.8 Å². The number of nitrogens with zero attached hydrogens (tertiary/aromatic N) is 4. The molecule has 7 atom stereocenters. The summed E-state index contributed by atoms with van der Waals surface area (Å²) in [6.45, 7) is 0.787. The Morgan fingerprint density at radius 2 is 1.75 bits per heavy atom. The highest BCUT2D eigenvalue weighted by Crippen LogP contribution is 2.61. The molecule has 0 radical (unpaired) electrons. The van der Waals surface area contributed by atoms with Crippen LogP contribution >= 0.6 is 35.2 Å². The van der Waals surface area contributed by atoms with Gasteiger partial charge in [0, 0.05) is 30.7 Å². The molecule has 23 nitrogen and oxygen atoms in total. The maximum atomic E-state index is 12.7. The Labute approximate surface area is 323 Å². The lowest BCUT2D eigenvalue weighted by molar-refractivity contribution is -0.137. The Hall–Kier alpha value is -3.15. The molecule has 310 valence electrons. The van der Waals surface area contributed by atoms with Gasteiger partial charge in [0.1, 0.15) is 36.3 Å². The average molecular weight is 870 g/mol. The second-order valence-electron chi connectivity index (χ2n) is 12.7. The molecular formula is C29H42N7O16P3S. The summed E-state index contributed by atoms with van der Waals surface area (Å²) in [5.41, 5.74) is 5.34. The number of aliphatic hydroxyl groups is 2. The summed E-state index contributed by atoms with van der Waals surface area (Å²) in [5.74, 6) is -0.722. The third-order valence-corrected chi connectivity index (χ3v) is 11.6. The number of carbonyl (C=O) groups is 2. The van der Waals surface area contributed by atoms with Crippen LogP contribution in [0.2, 0.25) is 0 Å². The first-order valence-corrected chi connectivity index (χ1v) is 22.0. The number of anilines is 1. The minimum absolute atomic E-state index is 0.0368. The maximum Gasteiger partial charge on any atom is 0.481 e. The molecule has 1 saturated heterocycles. The van der Waals surface area contributed by atoms with E-state index in [1.807, 2.05) is 41.8 Å². The van der Waals surface area contributed by atoms with Crippen LogP contribution in [0.1, 0.15) is 32.1 Å². The number of nitrogens with one attached hydrogen (secondary N) is 2. The summed E-state index contributed by atoms with van der Waals surface area (Å²) < 4.78 is 62.2. The summed E-state index contributed by atoms with van der Waals surface area (Å²) in [6.07, 6.45) is -4.83. The van der Waals surface area contributed by atoms with Gasteiger partial charge in [0.15, 0.2) is 17.7 Å². The largest absolute Gasteiger partial charge is 0.481 e. The minimum Gasteiger partial charge on any atom is -0.386 e. The van der Waals surface area contributed by atoms with E-state index in [1.54, 1.807) is 0 Å². The van der Waals surface area contributed by atoms with Gasteiger partial charge in [-0.05, 0) is 17.0 Å². The lowest BCUT2D eigenvalue weighted by Crippen LogP contribution is -2.46. The van der Waals surface area contributed by atoms with Crippen molar-refractivity contribution in [2.75, 3.05) is 37.8 Å². The fraction of sp³-hybridized carbons (Fsp3) is 0.483. The molecule has 3 heterocycles. The number of thioether (sulfide) groups is 1. The van der Waals surface area contributed by atoms with Crippen molar-refractivity contribution in [1.29, 1.82) is 0 Å². The molecule has 1 aliphatic heterocycles. The number of phosphoric ester groups is 3. The zero-order valence-electron chi connectivity index (χ0n) is 29.7. The van der Waals surface area contributed by atoms with Crippen LogP contribution in [0.3, 0.4) is 0 Å². The molecule has 3 aromatic rings. The van der Waals surface area contributed by atoms with Crippen molar-refractivity contribution in [2.24, 2.45) is 5.41 Å². The molecule has 2 unspecified atom stereocenters. The van der Waals surface area contributed by atoms with Gasteiger partial charge in [-0.3, -0.25) is 27.7 Å². The highest BCUT2D eigenvalue weighted by Gasteiger charge is 2.50. The van der Waals surface area contributed by atoms with Crippen LogP contribution in [-0.2, 0) is 45.9 Å². The monoisotopic (exact) mass is 869 g/mol. The number of fused-ring (bicyclic) bond motifs is 1. The highest BCUT2D eigenvalue weighted by atomic mass is 32.2. The molecule has 0 saturated carbocycles. The van der Waals surface area contributed by atoms with E-state index in [9.17, 15) is 53.1 Å². The molecule has 0 bridgehead atoms. The Kier molecular flexibility index (Phi) is 15.9. The third kappa shape index (κ3) is 13.5. The molecule has 10 N–H and O–H groups in total. The molecule has 1 aromatic carbocycles. The van der Waals surface area contributed by atoms with E-state index in [0.29, 0.717) is 12.3 Å². The number of phosphoric acid groups is 3. The number of nitrogen functional groups attached to an aromatic ring is 1. The second-order valence-corrected chi connectivity index (χ2v) is 17.9. The van der Waals surface area contributed by atoms with E-state index in [4.69, 9.17) is 19.5 Å². The van der Waals surface area contributed by atoms with Gasteiger partial charge in [0.05, 0.1) is 19.5 Å². The highest BCUT2D eigenvalue weighted by molar-refractivity contribution is 8.02. The van der Waals surface area contributed by atoms with E-state index >= 15 is 0 Å². The Morgan fingerprint density at radius 1 is 1.05 bits per heavy atom. The first kappa shape index (κ1) is 45.6. The average Bonchev–Trinajstić information content (AvgIpc) is 3.68. The van der Waals surface area contributed by atoms with Crippen LogP contribution in [0, 0.1) is 5.41 Å². The number of ether oxygens (including phenoxy) is 1. The quantitative estimate of drug-likeness (QED) is 0.0528.